The molecule has 0 spiro atoms. The molecule has 1 amide bonds. The van der Waals surface area contributed by atoms with Crippen LogP contribution in [0.15, 0.2) is 24.3 Å². The maximum absolute atomic E-state index is 11.9. The first-order valence-corrected chi connectivity index (χ1v) is 6.93. The fourth-order valence-corrected chi connectivity index (χ4v) is 2.47. The Morgan fingerprint density at radius 3 is 3.00 bits per heavy atom. The number of ether oxygens (including phenoxy) is 1. The summed E-state index contributed by atoms with van der Waals surface area (Å²) in [6, 6.07) is 8.02. The molecule has 0 aliphatic heterocycles. The highest BCUT2D eigenvalue weighted by Gasteiger charge is 2.30. The summed E-state index contributed by atoms with van der Waals surface area (Å²) in [5.74, 6) is 0.00764. The highest BCUT2D eigenvalue weighted by Crippen LogP contribution is 2.29. The summed E-state index contributed by atoms with van der Waals surface area (Å²) >= 11 is 0. The van der Waals surface area contributed by atoms with E-state index in [1.165, 1.54) is 5.56 Å². The molecule has 4 nitrogen and oxygen atoms in total. The Bertz CT molecular complexity index is 434. The number of hydrogen-bond donors (Lipinski definition) is 2. The summed E-state index contributed by atoms with van der Waals surface area (Å²) < 4.78 is 5.32. The number of benzene rings is 1. The highest BCUT2D eigenvalue weighted by atomic mass is 16.5. The second kappa shape index (κ2) is 6.68. The maximum Gasteiger partial charge on any atom is 0.222 e. The highest BCUT2D eigenvalue weighted by molar-refractivity contribution is 5.76. The normalized spacial score (nSPS) is 21.2. The van der Waals surface area contributed by atoms with Gasteiger partial charge in [-0.15, -0.1) is 0 Å². The van der Waals surface area contributed by atoms with E-state index < -0.39 is 0 Å². The van der Waals surface area contributed by atoms with E-state index in [1.807, 2.05) is 18.2 Å². The first-order chi connectivity index (χ1) is 9.22. The third-order valence-electron chi connectivity index (χ3n) is 3.41. The lowest BCUT2D eigenvalue weighted by atomic mass is 10.1. The molecule has 0 fully saturated rings. The van der Waals surface area contributed by atoms with Gasteiger partial charge < -0.3 is 15.8 Å². The number of nitrogens with two attached hydrogens (primary N) is 1. The molecule has 19 heavy (non-hydrogen) atoms. The Kier molecular flexibility index (Phi) is 4.93. The molecule has 2 unspecified atom stereocenters. The van der Waals surface area contributed by atoms with Gasteiger partial charge in [-0.3, -0.25) is 4.79 Å². The average Bonchev–Trinajstić information content (AvgIpc) is 2.72. The van der Waals surface area contributed by atoms with Gasteiger partial charge in [-0.25, -0.2) is 0 Å². The van der Waals surface area contributed by atoms with Gasteiger partial charge in [0.1, 0.15) is 0 Å². The van der Waals surface area contributed by atoms with E-state index in [0.29, 0.717) is 19.6 Å². The first-order valence-electron chi connectivity index (χ1n) is 6.93. The average molecular weight is 262 g/mol. The predicted octanol–water partition coefficient (Wildman–Crippen LogP) is 1.54. The Morgan fingerprint density at radius 2 is 2.21 bits per heavy atom. The van der Waals surface area contributed by atoms with Crippen molar-refractivity contribution in [1.29, 1.82) is 0 Å². The van der Waals surface area contributed by atoms with Crippen LogP contribution in [0.25, 0.3) is 0 Å². The van der Waals surface area contributed by atoms with E-state index >= 15 is 0 Å². The molecule has 104 valence electrons. The Morgan fingerprint density at radius 1 is 1.42 bits per heavy atom. The smallest absolute Gasteiger partial charge is 0.222 e. The molecule has 4 heteroatoms. The van der Waals surface area contributed by atoms with Crippen LogP contribution in [0.1, 0.15) is 36.9 Å². The fourth-order valence-electron chi connectivity index (χ4n) is 2.47. The number of nitrogens with one attached hydrogen (secondary N) is 1. The molecule has 1 aliphatic rings. The van der Waals surface area contributed by atoms with Gasteiger partial charge in [-0.1, -0.05) is 31.2 Å². The number of fused-ring (bicyclic) bond motifs is 1. The van der Waals surface area contributed by atoms with Gasteiger partial charge in [-0.05, 0) is 24.0 Å². The van der Waals surface area contributed by atoms with Crippen molar-refractivity contribution in [1.82, 2.24) is 5.32 Å². The van der Waals surface area contributed by atoms with Crippen LogP contribution in [0, 0.1) is 0 Å². The SMILES string of the molecule is CCCOCCC(=O)NC1c2ccccc2CC1N. The van der Waals surface area contributed by atoms with E-state index in [-0.39, 0.29) is 18.0 Å². The van der Waals surface area contributed by atoms with E-state index in [9.17, 15) is 4.79 Å². The monoisotopic (exact) mass is 262 g/mol. The largest absolute Gasteiger partial charge is 0.381 e. The van der Waals surface area contributed by atoms with Crippen LogP contribution in [0.5, 0.6) is 0 Å². The van der Waals surface area contributed by atoms with Crippen molar-refractivity contribution >= 4 is 5.91 Å². The zero-order chi connectivity index (χ0) is 13.7. The summed E-state index contributed by atoms with van der Waals surface area (Å²) in [7, 11) is 0. The molecule has 0 aromatic heterocycles. The molecule has 0 saturated heterocycles. The summed E-state index contributed by atoms with van der Waals surface area (Å²) in [5, 5.41) is 3.02. The van der Waals surface area contributed by atoms with E-state index in [0.717, 1.165) is 18.4 Å². The molecule has 0 bridgehead atoms. The minimum atomic E-state index is -0.0603. The summed E-state index contributed by atoms with van der Waals surface area (Å²) in [6.45, 7) is 3.23. The molecular formula is C15H22N2O2. The Hall–Kier alpha value is -1.39. The van der Waals surface area contributed by atoms with Gasteiger partial charge in [0, 0.05) is 19.1 Å². The van der Waals surface area contributed by atoms with Gasteiger partial charge in [-0.2, -0.15) is 0 Å². The third kappa shape index (κ3) is 3.55. The standard InChI is InChI=1S/C15H22N2O2/c1-2-8-19-9-7-14(18)17-15-12-6-4-3-5-11(12)10-13(15)16/h3-6,13,15H,2,7-10,16H2,1H3,(H,17,18). The van der Waals surface area contributed by atoms with Gasteiger partial charge in [0.25, 0.3) is 0 Å². The van der Waals surface area contributed by atoms with Crippen molar-refractivity contribution in [2.24, 2.45) is 5.73 Å². The zero-order valence-corrected chi connectivity index (χ0v) is 11.4. The molecule has 2 rings (SSSR count). The van der Waals surface area contributed by atoms with Gasteiger partial charge in [0.15, 0.2) is 0 Å². The van der Waals surface area contributed by atoms with Crippen molar-refractivity contribution in [3.8, 4) is 0 Å². The Balaban J connectivity index is 1.87. The Labute approximate surface area is 114 Å². The van der Waals surface area contributed by atoms with Crippen LogP contribution in [-0.4, -0.2) is 25.2 Å². The quantitative estimate of drug-likeness (QED) is 0.764. The lowest BCUT2D eigenvalue weighted by Gasteiger charge is -2.18. The maximum atomic E-state index is 11.9. The topological polar surface area (TPSA) is 64.3 Å². The van der Waals surface area contributed by atoms with E-state index in [2.05, 4.69) is 18.3 Å². The van der Waals surface area contributed by atoms with Crippen LogP contribution >= 0.6 is 0 Å². The van der Waals surface area contributed by atoms with E-state index in [4.69, 9.17) is 10.5 Å². The lowest BCUT2D eigenvalue weighted by molar-refractivity contribution is -0.123. The molecule has 1 aromatic rings. The second-order valence-corrected chi connectivity index (χ2v) is 4.97. The number of carbonyl (C=O) groups is 1. The summed E-state index contributed by atoms with van der Waals surface area (Å²) in [5.41, 5.74) is 8.50. The van der Waals surface area contributed by atoms with Crippen LogP contribution in [0.2, 0.25) is 0 Å². The summed E-state index contributed by atoms with van der Waals surface area (Å²) in [6.07, 6.45) is 2.20. The second-order valence-electron chi connectivity index (χ2n) is 4.97. The minimum Gasteiger partial charge on any atom is -0.381 e. The molecule has 1 aromatic carbocycles. The van der Waals surface area contributed by atoms with Crippen molar-refractivity contribution in [2.75, 3.05) is 13.2 Å². The number of amides is 1. The van der Waals surface area contributed by atoms with Crippen molar-refractivity contribution in [2.45, 2.75) is 38.3 Å². The molecule has 0 saturated carbocycles. The third-order valence-corrected chi connectivity index (χ3v) is 3.41. The van der Waals surface area contributed by atoms with E-state index in [1.54, 1.807) is 0 Å². The molecule has 2 atom stereocenters. The van der Waals surface area contributed by atoms with Crippen LogP contribution < -0.4 is 11.1 Å². The van der Waals surface area contributed by atoms with Crippen molar-refractivity contribution < 1.29 is 9.53 Å². The van der Waals surface area contributed by atoms with Gasteiger partial charge in [0.05, 0.1) is 12.6 Å². The van der Waals surface area contributed by atoms with Crippen LogP contribution in [-0.2, 0) is 16.0 Å². The molecular weight excluding hydrogens is 240 g/mol. The van der Waals surface area contributed by atoms with Crippen LogP contribution in [0.3, 0.4) is 0 Å². The number of rotatable bonds is 6. The van der Waals surface area contributed by atoms with Crippen molar-refractivity contribution in [3.63, 3.8) is 0 Å². The number of carbonyl (C=O) groups excluding carboxylic acids is 1. The first kappa shape index (κ1) is 14.0. The molecule has 3 N–H and O–H groups in total. The van der Waals surface area contributed by atoms with Crippen LogP contribution in [0.4, 0.5) is 0 Å². The lowest BCUT2D eigenvalue weighted by Crippen LogP contribution is -2.38. The van der Waals surface area contributed by atoms with Gasteiger partial charge >= 0.3 is 0 Å². The molecule has 1 aliphatic carbocycles. The summed E-state index contributed by atoms with van der Waals surface area (Å²) in [4.78, 5) is 11.9. The predicted molar refractivity (Wildman–Crippen MR) is 74.7 cm³/mol. The fraction of sp³-hybridized carbons (Fsp3) is 0.533. The van der Waals surface area contributed by atoms with Crippen molar-refractivity contribution in [3.05, 3.63) is 35.4 Å². The number of hydrogen-bond acceptors (Lipinski definition) is 3. The molecule has 0 heterocycles. The zero-order valence-electron chi connectivity index (χ0n) is 11.4. The minimum absolute atomic E-state index is 0.00764. The molecule has 0 radical (unpaired) electrons. The van der Waals surface area contributed by atoms with Gasteiger partial charge in [0.2, 0.25) is 5.91 Å².